The van der Waals surface area contributed by atoms with E-state index in [0.717, 1.165) is 6.92 Å². The highest BCUT2D eigenvalue weighted by molar-refractivity contribution is 5.89. The van der Waals surface area contributed by atoms with Crippen LogP contribution in [0, 0.1) is 0 Å². The molecule has 0 spiro atoms. The van der Waals surface area contributed by atoms with Crippen molar-refractivity contribution in [3.63, 3.8) is 0 Å². The summed E-state index contributed by atoms with van der Waals surface area (Å²) in [5.74, 6) is -3.05. The summed E-state index contributed by atoms with van der Waals surface area (Å²) < 4.78 is 9.43. The summed E-state index contributed by atoms with van der Waals surface area (Å²) in [5.41, 5.74) is -0.652. The summed E-state index contributed by atoms with van der Waals surface area (Å²) in [7, 11) is 0. The molecule has 0 aromatic carbocycles. The monoisotopic (exact) mass is 345 g/mol. The van der Waals surface area contributed by atoms with Gasteiger partial charge in [0, 0.05) is 6.92 Å². The molecule has 10 heteroatoms. The third-order valence-corrected chi connectivity index (χ3v) is 2.15. The average Bonchev–Trinajstić information content (AvgIpc) is 2.44. The second kappa shape index (κ2) is 10.2. The van der Waals surface area contributed by atoms with Crippen LogP contribution in [0.1, 0.15) is 27.7 Å². The van der Waals surface area contributed by atoms with Gasteiger partial charge in [-0.15, -0.1) is 0 Å². The Morgan fingerprint density at radius 2 is 1.25 bits per heavy atom. The minimum absolute atomic E-state index is 0.314. The van der Waals surface area contributed by atoms with E-state index in [1.54, 1.807) is 20.8 Å². The van der Waals surface area contributed by atoms with E-state index < -0.39 is 41.9 Å². The van der Waals surface area contributed by atoms with Crippen LogP contribution in [0.15, 0.2) is 0 Å². The standard InChI is InChI=1S/C14H23N3O7/c1-9(18)23-8-12(21)16-6-10(19)15-5-11(20)17-7-13(22)24-14(2,3)4/h5-8H2,1-4H3,(H,15,19)(H,16,21)(H,17,20). The number of hydrogen-bond acceptors (Lipinski definition) is 7. The fraction of sp³-hybridized carbons (Fsp3) is 0.643. The third kappa shape index (κ3) is 13.0. The van der Waals surface area contributed by atoms with Gasteiger partial charge in [-0.3, -0.25) is 24.0 Å². The lowest BCUT2D eigenvalue weighted by atomic mass is 10.2. The van der Waals surface area contributed by atoms with Gasteiger partial charge in [0.1, 0.15) is 12.1 Å². The molecule has 0 aromatic heterocycles. The van der Waals surface area contributed by atoms with Gasteiger partial charge >= 0.3 is 11.9 Å². The largest absolute Gasteiger partial charge is 0.459 e. The van der Waals surface area contributed by atoms with E-state index in [4.69, 9.17) is 4.74 Å². The van der Waals surface area contributed by atoms with Gasteiger partial charge in [0.2, 0.25) is 11.8 Å². The van der Waals surface area contributed by atoms with Crippen LogP contribution in [0.5, 0.6) is 0 Å². The van der Waals surface area contributed by atoms with Crippen LogP contribution in [0.3, 0.4) is 0 Å². The fourth-order valence-electron chi connectivity index (χ4n) is 1.25. The maximum Gasteiger partial charge on any atom is 0.325 e. The molecular weight excluding hydrogens is 322 g/mol. The van der Waals surface area contributed by atoms with Crippen molar-refractivity contribution in [2.45, 2.75) is 33.3 Å². The Bertz CT molecular complexity index is 497. The summed E-state index contributed by atoms with van der Waals surface area (Å²) in [6.45, 7) is 4.70. The number of amides is 3. The fourth-order valence-corrected chi connectivity index (χ4v) is 1.25. The van der Waals surface area contributed by atoms with Crippen molar-refractivity contribution in [2.24, 2.45) is 0 Å². The molecule has 10 nitrogen and oxygen atoms in total. The molecule has 3 amide bonds. The van der Waals surface area contributed by atoms with E-state index in [9.17, 15) is 24.0 Å². The summed E-state index contributed by atoms with van der Waals surface area (Å²) in [6.07, 6.45) is 0. The van der Waals surface area contributed by atoms with Gasteiger partial charge in [-0.2, -0.15) is 0 Å². The number of carbonyl (C=O) groups excluding carboxylic acids is 5. The maximum absolute atomic E-state index is 11.5. The van der Waals surface area contributed by atoms with E-state index in [2.05, 4.69) is 20.7 Å². The van der Waals surface area contributed by atoms with Crippen LogP contribution in [-0.4, -0.2) is 61.5 Å². The lowest BCUT2D eigenvalue weighted by molar-refractivity contribution is -0.154. The van der Waals surface area contributed by atoms with Crippen LogP contribution in [0.4, 0.5) is 0 Å². The van der Waals surface area contributed by atoms with Crippen LogP contribution < -0.4 is 16.0 Å². The Morgan fingerprint density at radius 3 is 1.71 bits per heavy atom. The predicted octanol–water partition coefficient (Wildman–Crippen LogP) is -1.76. The number of hydrogen-bond donors (Lipinski definition) is 3. The van der Waals surface area contributed by atoms with Gasteiger partial charge in [0.15, 0.2) is 6.61 Å². The summed E-state index contributed by atoms with van der Waals surface area (Å²) in [6, 6.07) is 0. The second-order valence-corrected chi connectivity index (χ2v) is 5.70. The Morgan fingerprint density at radius 1 is 0.792 bits per heavy atom. The number of nitrogens with one attached hydrogen (secondary N) is 3. The molecule has 136 valence electrons. The lowest BCUT2D eigenvalue weighted by Gasteiger charge is -2.19. The minimum Gasteiger partial charge on any atom is -0.459 e. The van der Waals surface area contributed by atoms with E-state index in [0.29, 0.717) is 0 Å². The van der Waals surface area contributed by atoms with E-state index in [1.165, 1.54) is 0 Å². The van der Waals surface area contributed by atoms with Gasteiger partial charge in [0.25, 0.3) is 5.91 Å². The van der Waals surface area contributed by atoms with Crippen molar-refractivity contribution < 1.29 is 33.4 Å². The van der Waals surface area contributed by atoms with Gasteiger partial charge in [0.05, 0.1) is 13.1 Å². The maximum atomic E-state index is 11.5. The minimum atomic E-state index is -0.652. The van der Waals surface area contributed by atoms with Crippen molar-refractivity contribution in [2.75, 3.05) is 26.2 Å². The zero-order valence-electron chi connectivity index (χ0n) is 14.2. The zero-order chi connectivity index (χ0) is 18.8. The molecule has 24 heavy (non-hydrogen) atoms. The predicted molar refractivity (Wildman–Crippen MR) is 81.5 cm³/mol. The Labute approximate surface area is 139 Å². The molecule has 0 aliphatic rings. The van der Waals surface area contributed by atoms with E-state index in [-0.39, 0.29) is 19.6 Å². The highest BCUT2D eigenvalue weighted by Crippen LogP contribution is 2.05. The van der Waals surface area contributed by atoms with E-state index in [1.807, 2.05) is 0 Å². The molecule has 0 fully saturated rings. The summed E-state index contributed by atoms with van der Waals surface area (Å²) in [5, 5.41) is 6.74. The molecular formula is C14H23N3O7. The first kappa shape index (κ1) is 21.4. The first-order valence-electron chi connectivity index (χ1n) is 7.15. The van der Waals surface area contributed by atoms with Crippen molar-refractivity contribution in [3.8, 4) is 0 Å². The normalized spacial score (nSPS) is 10.3. The Kier molecular flexibility index (Phi) is 9.06. The molecule has 0 aliphatic carbocycles. The van der Waals surface area contributed by atoms with Crippen LogP contribution >= 0.6 is 0 Å². The smallest absolute Gasteiger partial charge is 0.325 e. The van der Waals surface area contributed by atoms with Crippen LogP contribution in [-0.2, 0) is 33.4 Å². The summed E-state index contributed by atoms with van der Waals surface area (Å²) in [4.78, 5) is 55.9. The highest BCUT2D eigenvalue weighted by Gasteiger charge is 2.16. The van der Waals surface area contributed by atoms with Crippen LogP contribution in [0.2, 0.25) is 0 Å². The van der Waals surface area contributed by atoms with Crippen molar-refractivity contribution in [1.29, 1.82) is 0 Å². The first-order valence-corrected chi connectivity index (χ1v) is 7.15. The Balaban J connectivity index is 3.86. The molecule has 0 radical (unpaired) electrons. The quantitative estimate of drug-likeness (QED) is 0.443. The molecule has 0 saturated heterocycles. The third-order valence-electron chi connectivity index (χ3n) is 2.15. The van der Waals surface area contributed by atoms with Crippen molar-refractivity contribution in [1.82, 2.24) is 16.0 Å². The van der Waals surface area contributed by atoms with Gasteiger partial charge < -0.3 is 25.4 Å². The molecule has 0 unspecified atom stereocenters. The molecule has 0 atom stereocenters. The first-order chi connectivity index (χ1) is 11.0. The van der Waals surface area contributed by atoms with Gasteiger partial charge in [-0.1, -0.05) is 0 Å². The van der Waals surface area contributed by atoms with Crippen molar-refractivity contribution in [3.05, 3.63) is 0 Å². The average molecular weight is 345 g/mol. The SMILES string of the molecule is CC(=O)OCC(=O)NCC(=O)NCC(=O)NCC(=O)OC(C)(C)C. The Hall–Kier alpha value is -2.65. The van der Waals surface area contributed by atoms with Gasteiger partial charge in [-0.25, -0.2) is 0 Å². The second-order valence-electron chi connectivity index (χ2n) is 5.70. The zero-order valence-corrected chi connectivity index (χ0v) is 14.2. The topological polar surface area (TPSA) is 140 Å². The summed E-state index contributed by atoms with van der Waals surface area (Å²) >= 11 is 0. The molecule has 0 heterocycles. The van der Waals surface area contributed by atoms with Crippen LogP contribution in [0.25, 0.3) is 0 Å². The lowest BCUT2D eigenvalue weighted by Crippen LogP contribution is -2.44. The number of ether oxygens (including phenoxy) is 2. The molecule has 0 rings (SSSR count). The number of carbonyl (C=O) groups is 5. The molecule has 0 aromatic rings. The van der Waals surface area contributed by atoms with Crippen molar-refractivity contribution >= 4 is 29.7 Å². The molecule has 3 N–H and O–H groups in total. The van der Waals surface area contributed by atoms with E-state index >= 15 is 0 Å². The number of rotatable bonds is 8. The molecule has 0 bridgehead atoms. The molecule has 0 aliphatic heterocycles. The van der Waals surface area contributed by atoms with Gasteiger partial charge in [-0.05, 0) is 20.8 Å². The number of esters is 2. The molecule has 0 saturated carbocycles. The highest BCUT2D eigenvalue weighted by atomic mass is 16.6.